The number of fused-ring (bicyclic) bond motifs is 1. The predicted molar refractivity (Wildman–Crippen MR) is 71.0 cm³/mol. The molecule has 0 amide bonds. The van der Waals surface area contributed by atoms with Crippen LogP contribution < -0.4 is 0 Å². The second kappa shape index (κ2) is 4.70. The van der Waals surface area contributed by atoms with E-state index in [0.29, 0.717) is 10.1 Å². The maximum atomic E-state index is 11.6. The highest BCUT2D eigenvalue weighted by atomic mass is 32.2. The largest absolute Gasteiger partial charge is 0.465 e. The molecule has 0 aliphatic heterocycles. The molecular weight excluding hydrogens is 256 g/mol. The maximum Gasteiger partial charge on any atom is 0.350 e. The third-order valence-corrected chi connectivity index (χ3v) is 4.18. The molecule has 0 bridgehead atoms. The Balaban J connectivity index is 2.49. The summed E-state index contributed by atoms with van der Waals surface area (Å²) in [6.07, 6.45) is 0. The van der Waals surface area contributed by atoms with Crippen molar-refractivity contribution >= 4 is 40.1 Å². The average Bonchev–Trinajstić information content (AvgIpc) is 2.77. The highest BCUT2D eigenvalue weighted by molar-refractivity contribution is 7.99. The van der Waals surface area contributed by atoms with E-state index >= 15 is 0 Å². The minimum atomic E-state index is -0.308. The predicted octanol–water partition coefficient (Wildman–Crippen LogP) is 3.22. The highest BCUT2D eigenvalue weighted by Gasteiger charge is 2.19. The number of aromatic amines is 1. The van der Waals surface area contributed by atoms with E-state index in [-0.39, 0.29) is 5.97 Å². The van der Waals surface area contributed by atoms with Gasteiger partial charge in [0.25, 0.3) is 0 Å². The first kappa shape index (κ1) is 12.4. The number of carbonyl (C=O) groups excluding carboxylic acids is 1. The number of methoxy groups -OCH3 is 1. The van der Waals surface area contributed by atoms with Gasteiger partial charge in [-0.2, -0.15) is 0 Å². The zero-order valence-corrected chi connectivity index (χ0v) is 11.8. The van der Waals surface area contributed by atoms with Gasteiger partial charge in [0.2, 0.25) is 0 Å². The van der Waals surface area contributed by atoms with Crippen LogP contribution >= 0.6 is 23.1 Å². The van der Waals surface area contributed by atoms with Crippen LogP contribution in [0, 0.1) is 6.92 Å². The Kier molecular flexibility index (Phi) is 3.44. The van der Waals surface area contributed by atoms with Gasteiger partial charge in [-0.1, -0.05) is 25.6 Å². The number of nitrogens with one attached hydrogen (secondary N) is 1. The maximum absolute atomic E-state index is 11.6. The Labute approximate surface area is 108 Å². The molecule has 0 saturated carbocycles. The van der Waals surface area contributed by atoms with Gasteiger partial charge in [-0.25, -0.2) is 9.78 Å². The van der Waals surface area contributed by atoms with Gasteiger partial charge in [0, 0.05) is 10.1 Å². The van der Waals surface area contributed by atoms with Gasteiger partial charge in [0.15, 0.2) is 5.16 Å². The Bertz CT molecular complexity index is 557. The molecule has 2 aromatic heterocycles. The SMILES string of the molecule is COC(=O)c1sc(C)c2nc(SC(C)C)[nH]c12. The molecule has 0 fully saturated rings. The van der Waals surface area contributed by atoms with E-state index in [0.717, 1.165) is 21.1 Å². The molecule has 0 saturated heterocycles. The third-order valence-electron chi connectivity index (χ3n) is 2.22. The molecule has 0 spiro atoms. The van der Waals surface area contributed by atoms with Crippen molar-refractivity contribution in [3.05, 3.63) is 9.75 Å². The Morgan fingerprint density at radius 2 is 2.24 bits per heavy atom. The first-order valence-corrected chi connectivity index (χ1v) is 6.96. The number of esters is 1. The van der Waals surface area contributed by atoms with Crippen molar-refractivity contribution in [1.29, 1.82) is 0 Å². The normalized spacial score (nSPS) is 11.4. The second-order valence-corrected chi connectivity index (χ2v) is 6.70. The zero-order chi connectivity index (χ0) is 12.6. The number of hydrogen-bond donors (Lipinski definition) is 1. The molecule has 0 aliphatic rings. The van der Waals surface area contributed by atoms with E-state index in [9.17, 15) is 4.79 Å². The molecule has 17 heavy (non-hydrogen) atoms. The number of H-pyrrole nitrogens is 1. The van der Waals surface area contributed by atoms with Crippen molar-refractivity contribution in [2.24, 2.45) is 0 Å². The van der Waals surface area contributed by atoms with Gasteiger partial charge in [0.05, 0.1) is 12.6 Å². The summed E-state index contributed by atoms with van der Waals surface area (Å²) in [5.74, 6) is -0.308. The van der Waals surface area contributed by atoms with E-state index in [1.54, 1.807) is 11.8 Å². The number of aromatic nitrogens is 2. The van der Waals surface area contributed by atoms with Crippen LogP contribution in [0.5, 0.6) is 0 Å². The highest BCUT2D eigenvalue weighted by Crippen LogP contribution is 2.32. The number of nitrogens with zero attached hydrogens (tertiary/aromatic N) is 1. The van der Waals surface area contributed by atoms with Crippen molar-refractivity contribution < 1.29 is 9.53 Å². The number of aryl methyl sites for hydroxylation is 1. The summed E-state index contributed by atoms with van der Waals surface area (Å²) >= 11 is 3.07. The number of carbonyl (C=O) groups is 1. The van der Waals surface area contributed by atoms with Crippen LogP contribution in [-0.2, 0) is 4.74 Å². The lowest BCUT2D eigenvalue weighted by Crippen LogP contribution is -1.98. The molecule has 2 rings (SSSR count). The first-order valence-electron chi connectivity index (χ1n) is 5.27. The second-order valence-electron chi connectivity index (χ2n) is 3.91. The molecule has 0 unspecified atom stereocenters. The number of thioether (sulfide) groups is 1. The van der Waals surface area contributed by atoms with E-state index in [2.05, 4.69) is 23.8 Å². The molecule has 0 atom stereocenters. The summed E-state index contributed by atoms with van der Waals surface area (Å²) in [6.45, 7) is 6.17. The van der Waals surface area contributed by atoms with Crippen LogP contribution in [0.3, 0.4) is 0 Å². The molecule has 92 valence electrons. The fourth-order valence-corrected chi connectivity index (χ4v) is 3.26. The molecule has 6 heteroatoms. The lowest BCUT2D eigenvalue weighted by Gasteiger charge is -1.99. The molecule has 0 radical (unpaired) electrons. The van der Waals surface area contributed by atoms with Crippen molar-refractivity contribution in [1.82, 2.24) is 9.97 Å². The number of thiophene rings is 1. The molecular formula is C11H14N2O2S2. The lowest BCUT2D eigenvalue weighted by molar-refractivity contribution is 0.0608. The Morgan fingerprint density at radius 3 is 2.82 bits per heavy atom. The van der Waals surface area contributed by atoms with Crippen molar-refractivity contribution in [3.63, 3.8) is 0 Å². The summed E-state index contributed by atoms with van der Waals surface area (Å²) in [6, 6.07) is 0. The first-order chi connectivity index (χ1) is 8.02. The van der Waals surface area contributed by atoms with E-state index in [1.807, 2.05) is 6.92 Å². The standard InChI is InChI=1S/C11H14N2O2S2/c1-5(2)16-11-12-7-6(3)17-9(8(7)13-11)10(14)15-4/h5H,1-4H3,(H,12,13). The van der Waals surface area contributed by atoms with Gasteiger partial charge in [-0.05, 0) is 6.92 Å². The van der Waals surface area contributed by atoms with Crippen molar-refractivity contribution in [2.45, 2.75) is 31.2 Å². The average molecular weight is 270 g/mol. The molecule has 0 aliphatic carbocycles. The molecule has 2 heterocycles. The summed E-state index contributed by atoms with van der Waals surface area (Å²) in [5.41, 5.74) is 1.67. The summed E-state index contributed by atoms with van der Waals surface area (Å²) in [7, 11) is 1.39. The van der Waals surface area contributed by atoms with Crippen LogP contribution in [-0.4, -0.2) is 28.3 Å². The molecule has 2 aromatic rings. The van der Waals surface area contributed by atoms with Crippen LogP contribution in [0.15, 0.2) is 5.16 Å². The van der Waals surface area contributed by atoms with Gasteiger partial charge < -0.3 is 9.72 Å². The van der Waals surface area contributed by atoms with Crippen molar-refractivity contribution in [3.8, 4) is 0 Å². The Hall–Kier alpha value is -1.01. The third kappa shape index (κ3) is 2.32. The minimum Gasteiger partial charge on any atom is -0.465 e. The van der Waals surface area contributed by atoms with Gasteiger partial charge in [-0.3, -0.25) is 0 Å². The van der Waals surface area contributed by atoms with E-state index < -0.39 is 0 Å². The van der Waals surface area contributed by atoms with Gasteiger partial charge in [-0.15, -0.1) is 11.3 Å². The number of hydrogen-bond acceptors (Lipinski definition) is 5. The fraction of sp³-hybridized carbons (Fsp3) is 0.455. The van der Waals surface area contributed by atoms with Crippen LogP contribution in [0.4, 0.5) is 0 Å². The molecule has 0 aromatic carbocycles. The van der Waals surface area contributed by atoms with Crippen LogP contribution in [0.2, 0.25) is 0 Å². The zero-order valence-electron chi connectivity index (χ0n) is 10.2. The topological polar surface area (TPSA) is 55.0 Å². The van der Waals surface area contributed by atoms with Gasteiger partial charge in [0.1, 0.15) is 10.4 Å². The molecule has 1 N–H and O–H groups in total. The number of ether oxygens (including phenoxy) is 1. The van der Waals surface area contributed by atoms with Crippen LogP contribution in [0.1, 0.15) is 28.4 Å². The lowest BCUT2D eigenvalue weighted by atomic mass is 10.3. The smallest absolute Gasteiger partial charge is 0.350 e. The monoisotopic (exact) mass is 270 g/mol. The van der Waals surface area contributed by atoms with Crippen molar-refractivity contribution in [2.75, 3.05) is 7.11 Å². The Morgan fingerprint density at radius 1 is 1.53 bits per heavy atom. The minimum absolute atomic E-state index is 0.308. The van der Waals surface area contributed by atoms with E-state index in [1.165, 1.54) is 18.4 Å². The quantitative estimate of drug-likeness (QED) is 0.687. The summed E-state index contributed by atoms with van der Waals surface area (Å²) in [4.78, 5) is 20.9. The summed E-state index contributed by atoms with van der Waals surface area (Å²) in [5, 5.41) is 1.31. The van der Waals surface area contributed by atoms with Crippen LogP contribution in [0.25, 0.3) is 11.0 Å². The van der Waals surface area contributed by atoms with E-state index in [4.69, 9.17) is 4.74 Å². The molecule has 4 nitrogen and oxygen atoms in total. The summed E-state index contributed by atoms with van der Waals surface area (Å²) < 4.78 is 4.76. The number of imidazole rings is 1. The fourth-order valence-electron chi connectivity index (χ4n) is 1.54. The van der Waals surface area contributed by atoms with Gasteiger partial charge >= 0.3 is 5.97 Å². The number of rotatable bonds is 3.